The second-order valence-corrected chi connectivity index (χ2v) is 7.25. The van der Waals surface area contributed by atoms with E-state index >= 15 is 0 Å². The minimum atomic E-state index is -1.64. The number of nitrogens with one attached hydrogen (secondary N) is 1. The average molecular weight is 450 g/mol. The standard InChI is InChI=1S/C17H20N4O6.C3H6O2/c1-7-3-9-10(4-8(7)2)21(5-11(23)14(25)12(24)6-22)15-13(18-9)16(26)20-17(27)19-15;1-2-3(4)5/h3-4,11-12,14,22-25H,5-6H2,1-2H3,(H,20,26,27);2H2,1H3,(H,4,5)/t11-,12+,14-;/m0./s1. The molecule has 2 heterocycles. The van der Waals surface area contributed by atoms with Gasteiger partial charge in [-0.25, -0.2) is 9.78 Å². The van der Waals surface area contributed by atoms with Gasteiger partial charge in [-0.2, -0.15) is 4.98 Å². The maximum Gasteiger partial charge on any atom is 0.349 e. The van der Waals surface area contributed by atoms with E-state index in [1.165, 1.54) is 4.57 Å². The molecule has 1 aromatic carbocycles. The molecule has 6 N–H and O–H groups in total. The number of hydrogen-bond acceptors (Lipinski definition) is 9. The molecule has 174 valence electrons. The van der Waals surface area contributed by atoms with Crippen LogP contribution in [0.1, 0.15) is 24.5 Å². The van der Waals surface area contributed by atoms with Gasteiger partial charge in [0.2, 0.25) is 0 Å². The number of benzene rings is 1. The third-order valence-corrected chi connectivity index (χ3v) is 4.87. The number of aliphatic carboxylic acids is 1. The minimum absolute atomic E-state index is 0.0516. The molecule has 0 bridgehead atoms. The van der Waals surface area contributed by atoms with Crippen LogP contribution in [0.5, 0.6) is 0 Å². The number of fused-ring (bicyclic) bond motifs is 2. The fourth-order valence-electron chi connectivity index (χ4n) is 2.89. The summed E-state index contributed by atoms with van der Waals surface area (Å²) in [5.74, 6) is -0.797. The smallest absolute Gasteiger partial charge is 0.349 e. The van der Waals surface area contributed by atoms with E-state index in [0.29, 0.717) is 11.0 Å². The number of nitrogens with zero attached hydrogens (tertiary/aromatic N) is 3. The van der Waals surface area contributed by atoms with Crippen molar-refractivity contribution in [1.82, 2.24) is 19.5 Å². The van der Waals surface area contributed by atoms with Crippen molar-refractivity contribution in [3.8, 4) is 11.5 Å². The van der Waals surface area contributed by atoms with Crippen LogP contribution in [-0.4, -0.2) is 75.9 Å². The van der Waals surface area contributed by atoms with E-state index in [9.17, 15) is 29.7 Å². The summed E-state index contributed by atoms with van der Waals surface area (Å²) in [6.45, 7) is 4.33. The Morgan fingerprint density at radius 2 is 1.69 bits per heavy atom. The lowest BCUT2D eigenvalue weighted by Gasteiger charge is -2.25. The summed E-state index contributed by atoms with van der Waals surface area (Å²) in [7, 11) is 0. The van der Waals surface area contributed by atoms with E-state index in [1.807, 2.05) is 13.8 Å². The molecule has 1 aromatic rings. The van der Waals surface area contributed by atoms with E-state index in [0.717, 1.165) is 11.1 Å². The largest absolute Gasteiger partial charge is 0.481 e. The molecule has 0 radical (unpaired) electrons. The van der Waals surface area contributed by atoms with E-state index in [1.54, 1.807) is 19.1 Å². The first-order valence-electron chi connectivity index (χ1n) is 9.78. The summed E-state index contributed by atoms with van der Waals surface area (Å²) in [6.07, 6.45) is -4.46. The van der Waals surface area contributed by atoms with Crippen LogP contribution in [0.2, 0.25) is 0 Å². The average Bonchev–Trinajstić information content (AvgIpc) is 2.74. The third kappa shape index (κ3) is 5.53. The summed E-state index contributed by atoms with van der Waals surface area (Å²) in [6, 6.07) is 3.53. The van der Waals surface area contributed by atoms with Crippen molar-refractivity contribution in [3.63, 3.8) is 0 Å². The van der Waals surface area contributed by atoms with E-state index in [4.69, 9.17) is 10.2 Å². The zero-order valence-electron chi connectivity index (χ0n) is 17.8. The molecule has 0 unspecified atom stereocenters. The molecule has 12 heteroatoms. The Morgan fingerprint density at radius 3 is 2.25 bits per heavy atom. The Balaban J connectivity index is 0.000000654. The molecule has 0 saturated carbocycles. The molecule has 0 aliphatic carbocycles. The first-order chi connectivity index (χ1) is 15.0. The van der Waals surface area contributed by atoms with Crippen LogP contribution in [0.15, 0.2) is 21.7 Å². The van der Waals surface area contributed by atoms with Crippen molar-refractivity contribution in [2.75, 3.05) is 6.61 Å². The van der Waals surface area contributed by atoms with Crippen LogP contribution in [-0.2, 0) is 11.3 Å². The number of H-pyrrole nitrogens is 1. The fraction of sp³-hybridized carbons (Fsp3) is 0.450. The van der Waals surface area contributed by atoms with Crippen LogP contribution in [0.4, 0.5) is 0 Å². The highest BCUT2D eigenvalue weighted by Crippen LogP contribution is 2.24. The second-order valence-electron chi connectivity index (χ2n) is 7.25. The zero-order chi connectivity index (χ0) is 24.2. The molecule has 0 saturated heterocycles. The highest BCUT2D eigenvalue weighted by molar-refractivity contribution is 5.81. The van der Waals surface area contributed by atoms with Gasteiger partial charge in [0, 0.05) is 6.42 Å². The number of aryl methyl sites for hydroxylation is 2. The van der Waals surface area contributed by atoms with Crippen molar-refractivity contribution < 1.29 is 30.3 Å². The lowest BCUT2D eigenvalue weighted by Crippen LogP contribution is -2.42. The van der Waals surface area contributed by atoms with Crippen molar-refractivity contribution in [2.24, 2.45) is 0 Å². The quantitative estimate of drug-likeness (QED) is 0.247. The SMILES string of the molecule is CCC(=O)O.Cc1cc2nc3c(=O)[nH]c(=O)nc-3n(C[C@H](O)[C@H](O)[C@H](O)CO)c2cc1C. The number of carboxylic acids is 1. The summed E-state index contributed by atoms with van der Waals surface area (Å²) in [4.78, 5) is 43.4. The number of aromatic nitrogens is 4. The van der Waals surface area contributed by atoms with Gasteiger partial charge in [0.1, 0.15) is 18.3 Å². The van der Waals surface area contributed by atoms with Gasteiger partial charge in [0.05, 0.1) is 24.2 Å². The van der Waals surface area contributed by atoms with Gasteiger partial charge in [-0.1, -0.05) is 6.92 Å². The van der Waals surface area contributed by atoms with Crippen molar-refractivity contribution in [1.29, 1.82) is 0 Å². The molecule has 0 spiro atoms. The van der Waals surface area contributed by atoms with Crippen LogP contribution in [0.25, 0.3) is 22.6 Å². The molecule has 32 heavy (non-hydrogen) atoms. The molecule has 0 amide bonds. The Kier molecular flexibility index (Phi) is 8.16. The molecule has 3 rings (SSSR count). The number of aromatic amines is 1. The van der Waals surface area contributed by atoms with Gasteiger partial charge >= 0.3 is 11.7 Å². The number of hydrogen-bond donors (Lipinski definition) is 6. The number of aliphatic hydroxyl groups is 4. The van der Waals surface area contributed by atoms with Crippen molar-refractivity contribution in [3.05, 3.63) is 44.1 Å². The van der Waals surface area contributed by atoms with Crippen LogP contribution >= 0.6 is 0 Å². The highest BCUT2D eigenvalue weighted by atomic mass is 16.4. The molecule has 2 aliphatic rings. The Bertz CT molecular complexity index is 1190. The zero-order valence-corrected chi connectivity index (χ0v) is 17.8. The lowest BCUT2D eigenvalue weighted by atomic mass is 10.1. The summed E-state index contributed by atoms with van der Waals surface area (Å²) < 4.78 is 1.40. The number of aliphatic hydroxyl groups excluding tert-OH is 4. The van der Waals surface area contributed by atoms with E-state index < -0.39 is 42.1 Å². The van der Waals surface area contributed by atoms with Gasteiger partial charge in [-0.3, -0.25) is 14.6 Å². The van der Waals surface area contributed by atoms with Gasteiger partial charge in [-0.15, -0.1) is 0 Å². The van der Waals surface area contributed by atoms with Crippen molar-refractivity contribution >= 4 is 17.0 Å². The molecule has 0 aromatic heterocycles. The first-order valence-corrected chi connectivity index (χ1v) is 9.78. The normalized spacial score (nSPS) is 14.0. The fourth-order valence-corrected chi connectivity index (χ4v) is 2.89. The second kappa shape index (κ2) is 10.4. The Hall–Kier alpha value is -3.19. The number of carboxylic acid groups (broad SMARTS) is 1. The number of rotatable bonds is 6. The highest BCUT2D eigenvalue weighted by Gasteiger charge is 2.27. The predicted molar refractivity (Wildman–Crippen MR) is 114 cm³/mol. The van der Waals surface area contributed by atoms with Crippen LogP contribution < -0.4 is 11.2 Å². The molecule has 12 nitrogen and oxygen atoms in total. The van der Waals surface area contributed by atoms with Gasteiger partial charge in [0.25, 0.3) is 5.56 Å². The summed E-state index contributed by atoms with van der Waals surface area (Å²) >= 11 is 0. The topological polar surface area (TPSA) is 199 Å². The van der Waals surface area contributed by atoms with Gasteiger partial charge in [0.15, 0.2) is 11.5 Å². The first kappa shape index (κ1) is 25.1. The molecular formula is C20H26N4O8. The summed E-state index contributed by atoms with van der Waals surface area (Å²) in [5.41, 5.74) is 1.11. The van der Waals surface area contributed by atoms with Gasteiger partial charge in [-0.05, 0) is 37.1 Å². The Labute approximate surface area is 181 Å². The molecule has 3 atom stereocenters. The third-order valence-electron chi connectivity index (χ3n) is 4.87. The molecular weight excluding hydrogens is 424 g/mol. The lowest BCUT2D eigenvalue weighted by molar-refractivity contribution is -0.136. The summed E-state index contributed by atoms with van der Waals surface area (Å²) in [5, 5.41) is 46.5. The predicted octanol–water partition coefficient (Wildman–Crippen LogP) is -1.24. The number of carbonyl (C=O) groups is 1. The maximum absolute atomic E-state index is 12.2. The Morgan fingerprint density at radius 1 is 1.09 bits per heavy atom. The molecule has 2 aliphatic heterocycles. The minimum Gasteiger partial charge on any atom is -0.481 e. The van der Waals surface area contributed by atoms with Crippen molar-refractivity contribution in [2.45, 2.75) is 52.0 Å². The van der Waals surface area contributed by atoms with E-state index in [-0.39, 0.29) is 24.5 Å². The van der Waals surface area contributed by atoms with E-state index in [2.05, 4.69) is 15.0 Å². The monoisotopic (exact) mass is 450 g/mol. The van der Waals surface area contributed by atoms with Crippen LogP contribution in [0, 0.1) is 13.8 Å². The van der Waals surface area contributed by atoms with Gasteiger partial charge < -0.3 is 30.1 Å². The van der Waals surface area contributed by atoms with Crippen LogP contribution in [0.3, 0.4) is 0 Å². The molecule has 0 fully saturated rings. The maximum atomic E-state index is 12.2.